The van der Waals surface area contributed by atoms with E-state index in [1.165, 1.54) is 0 Å². The summed E-state index contributed by atoms with van der Waals surface area (Å²) in [6, 6.07) is 7.18. The topological polar surface area (TPSA) is 58.6 Å². The Morgan fingerprint density at radius 2 is 2.10 bits per heavy atom. The minimum atomic E-state index is -0.253. The van der Waals surface area contributed by atoms with Crippen molar-refractivity contribution < 1.29 is 14.3 Å². The number of rotatable bonds is 6. The van der Waals surface area contributed by atoms with Crippen LogP contribution in [0.4, 0.5) is 5.69 Å². The molecule has 0 aromatic heterocycles. The van der Waals surface area contributed by atoms with Gasteiger partial charge in [-0.1, -0.05) is 13.3 Å². The number of methoxy groups -OCH3 is 1. The number of benzene rings is 1. The maximum absolute atomic E-state index is 12.2. The first-order valence-electron chi connectivity index (χ1n) is 7.36. The van der Waals surface area contributed by atoms with Crippen molar-refractivity contribution in [2.24, 2.45) is 5.92 Å². The fourth-order valence-electron chi connectivity index (χ4n) is 2.43. The molecule has 1 aliphatic rings. The second-order valence-corrected chi connectivity index (χ2v) is 5.31. The van der Waals surface area contributed by atoms with Gasteiger partial charge in [0.2, 0.25) is 11.8 Å². The van der Waals surface area contributed by atoms with Gasteiger partial charge in [0.05, 0.1) is 13.0 Å². The molecule has 0 bridgehead atoms. The van der Waals surface area contributed by atoms with Crippen molar-refractivity contribution in [1.29, 1.82) is 0 Å². The van der Waals surface area contributed by atoms with E-state index in [0.717, 1.165) is 30.8 Å². The van der Waals surface area contributed by atoms with Crippen LogP contribution in [0.15, 0.2) is 24.3 Å². The molecule has 21 heavy (non-hydrogen) atoms. The van der Waals surface area contributed by atoms with E-state index in [4.69, 9.17) is 4.74 Å². The number of nitrogens with one attached hydrogen (secondary N) is 1. The number of ether oxygens (including phenoxy) is 1. The Morgan fingerprint density at radius 3 is 2.71 bits per heavy atom. The minimum Gasteiger partial charge on any atom is -0.497 e. The van der Waals surface area contributed by atoms with E-state index in [1.54, 1.807) is 36.3 Å². The lowest BCUT2D eigenvalue weighted by Gasteiger charge is -2.16. The van der Waals surface area contributed by atoms with Gasteiger partial charge in [-0.15, -0.1) is 0 Å². The van der Waals surface area contributed by atoms with E-state index in [2.05, 4.69) is 12.2 Å². The molecule has 1 aromatic carbocycles. The molecule has 1 aliphatic heterocycles. The largest absolute Gasteiger partial charge is 0.497 e. The molecule has 0 radical (unpaired) electrons. The molecule has 0 spiro atoms. The average molecular weight is 290 g/mol. The number of nitrogens with zero attached hydrogens (tertiary/aromatic N) is 1. The first-order valence-corrected chi connectivity index (χ1v) is 7.36. The highest BCUT2D eigenvalue weighted by Crippen LogP contribution is 2.21. The smallest absolute Gasteiger partial charge is 0.229 e. The summed E-state index contributed by atoms with van der Waals surface area (Å²) in [4.78, 5) is 25.9. The number of amides is 2. The zero-order valence-corrected chi connectivity index (χ0v) is 12.6. The lowest BCUT2D eigenvalue weighted by molar-refractivity contribution is -0.128. The minimum absolute atomic E-state index is 0.0818. The van der Waals surface area contributed by atoms with Crippen molar-refractivity contribution in [2.75, 3.05) is 25.5 Å². The predicted octanol–water partition coefficient (Wildman–Crippen LogP) is 2.28. The van der Waals surface area contributed by atoms with Gasteiger partial charge < -0.3 is 15.0 Å². The lowest BCUT2D eigenvalue weighted by Crippen LogP contribution is -2.29. The number of carbonyl (C=O) groups is 2. The van der Waals surface area contributed by atoms with Crippen LogP contribution in [0.25, 0.3) is 0 Å². The van der Waals surface area contributed by atoms with Gasteiger partial charge in [-0.2, -0.15) is 0 Å². The van der Waals surface area contributed by atoms with Crippen LogP contribution in [0.1, 0.15) is 26.2 Å². The molecule has 2 rings (SSSR count). The third-order valence-electron chi connectivity index (χ3n) is 3.72. The maximum Gasteiger partial charge on any atom is 0.229 e. The first kappa shape index (κ1) is 15.4. The van der Waals surface area contributed by atoms with Gasteiger partial charge in [0, 0.05) is 25.2 Å². The van der Waals surface area contributed by atoms with Gasteiger partial charge >= 0.3 is 0 Å². The molecule has 1 fully saturated rings. The molecule has 114 valence electrons. The lowest BCUT2D eigenvalue weighted by atomic mass is 10.1. The highest BCUT2D eigenvalue weighted by atomic mass is 16.5. The molecule has 5 nitrogen and oxygen atoms in total. The highest BCUT2D eigenvalue weighted by molar-refractivity contribution is 5.97. The Kier molecular flexibility index (Phi) is 5.20. The SMILES string of the molecule is CCCCN1C[C@@H](C(=O)Nc2ccc(OC)cc2)CC1=O. The van der Waals surface area contributed by atoms with Crippen LogP contribution < -0.4 is 10.1 Å². The number of likely N-dealkylation sites (tertiary alicyclic amines) is 1. The summed E-state index contributed by atoms with van der Waals surface area (Å²) in [6.45, 7) is 3.37. The van der Waals surface area contributed by atoms with E-state index in [1.807, 2.05) is 0 Å². The summed E-state index contributed by atoms with van der Waals surface area (Å²) in [5.41, 5.74) is 0.722. The Hall–Kier alpha value is -2.04. The number of carbonyl (C=O) groups excluding carboxylic acids is 2. The van der Waals surface area contributed by atoms with Crippen molar-refractivity contribution in [3.63, 3.8) is 0 Å². The normalized spacial score (nSPS) is 17.9. The van der Waals surface area contributed by atoms with E-state index in [-0.39, 0.29) is 17.7 Å². The molecule has 0 unspecified atom stereocenters. The monoisotopic (exact) mass is 290 g/mol. The van der Waals surface area contributed by atoms with Gasteiger partial charge in [-0.05, 0) is 30.7 Å². The highest BCUT2D eigenvalue weighted by Gasteiger charge is 2.33. The van der Waals surface area contributed by atoms with Crippen molar-refractivity contribution in [3.8, 4) is 5.75 Å². The standard InChI is InChI=1S/C16H22N2O3/c1-3-4-9-18-11-12(10-15(18)19)16(20)17-13-5-7-14(21-2)8-6-13/h5-8,12H,3-4,9-11H2,1-2H3,(H,17,20)/t12-/m0/s1. The maximum atomic E-state index is 12.2. The van der Waals surface area contributed by atoms with Gasteiger partial charge in [0.25, 0.3) is 0 Å². The van der Waals surface area contributed by atoms with Crippen LogP contribution in [0.2, 0.25) is 0 Å². The summed E-state index contributed by atoms with van der Waals surface area (Å²) < 4.78 is 5.08. The van der Waals surface area contributed by atoms with Crippen LogP contribution in [0.5, 0.6) is 5.75 Å². The van der Waals surface area contributed by atoms with Crippen LogP contribution in [0, 0.1) is 5.92 Å². The van der Waals surface area contributed by atoms with Crippen LogP contribution in [-0.2, 0) is 9.59 Å². The third kappa shape index (κ3) is 3.97. The van der Waals surface area contributed by atoms with Crippen molar-refractivity contribution in [3.05, 3.63) is 24.3 Å². The fraction of sp³-hybridized carbons (Fsp3) is 0.500. The zero-order valence-electron chi connectivity index (χ0n) is 12.6. The van der Waals surface area contributed by atoms with Gasteiger partial charge in [0.15, 0.2) is 0 Å². The molecule has 1 heterocycles. The molecule has 1 aromatic rings. The average Bonchev–Trinajstić information content (AvgIpc) is 2.87. The van der Waals surface area contributed by atoms with Crippen molar-refractivity contribution in [1.82, 2.24) is 4.90 Å². The molecule has 0 aliphatic carbocycles. The Bertz CT molecular complexity index is 499. The number of hydrogen-bond acceptors (Lipinski definition) is 3. The summed E-state index contributed by atoms with van der Waals surface area (Å²) in [7, 11) is 1.60. The predicted molar refractivity (Wildman–Crippen MR) is 81.2 cm³/mol. The van der Waals surface area contributed by atoms with E-state index in [9.17, 15) is 9.59 Å². The second kappa shape index (κ2) is 7.11. The Labute approximate surface area is 125 Å². The van der Waals surface area contributed by atoms with E-state index in [0.29, 0.717) is 13.0 Å². The summed E-state index contributed by atoms with van der Waals surface area (Å²) in [5.74, 6) is 0.483. The quantitative estimate of drug-likeness (QED) is 0.874. The number of hydrogen-bond donors (Lipinski definition) is 1. The Balaban J connectivity index is 1.90. The van der Waals surface area contributed by atoms with E-state index < -0.39 is 0 Å². The van der Waals surface area contributed by atoms with Crippen LogP contribution in [-0.4, -0.2) is 36.9 Å². The van der Waals surface area contributed by atoms with Gasteiger partial charge in [-0.25, -0.2) is 0 Å². The zero-order chi connectivity index (χ0) is 15.2. The van der Waals surface area contributed by atoms with Crippen molar-refractivity contribution >= 4 is 17.5 Å². The summed E-state index contributed by atoms with van der Waals surface area (Å²) >= 11 is 0. The van der Waals surface area contributed by atoms with Crippen LogP contribution in [0.3, 0.4) is 0 Å². The molecule has 2 amide bonds. The molecule has 1 atom stereocenters. The molecular weight excluding hydrogens is 268 g/mol. The molecule has 5 heteroatoms. The molecule has 1 saturated heterocycles. The van der Waals surface area contributed by atoms with Crippen molar-refractivity contribution in [2.45, 2.75) is 26.2 Å². The second-order valence-electron chi connectivity index (χ2n) is 5.31. The number of unbranched alkanes of at least 4 members (excludes halogenated alkanes) is 1. The molecular formula is C16H22N2O3. The van der Waals surface area contributed by atoms with Gasteiger partial charge in [0.1, 0.15) is 5.75 Å². The Morgan fingerprint density at radius 1 is 1.38 bits per heavy atom. The first-order chi connectivity index (χ1) is 10.1. The van der Waals surface area contributed by atoms with E-state index >= 15 is 0 Å². The van der Waals surface area contributed by atoms with Crippen LogP contribution >= 0.6 is 0 Å². The number of anilines is 1. The summed E-state index contributed by atoms with van der Waals surface area (Å²) in [5, 5.41) is 2.86. The fourth-order valence-corrected chi connectivity index (χ4v) is 2.43. The third-order valence-corrected chi connectivity index (χ3v) is 3.72. The summed E-state index contributed by atoms with van der Waals surface area (Å²) in [6.07, 6.45) is 2.34. The molecule has 0 saturated carbocycles. The molecule has 1 N–H and O–H groups in total. The van der Waals surface area contributed by atoms with Gasteiger partial charge in [-0.3, -0.25) is 9.59 Å².